The highest BCUT2D eigenvalue weighted by Gasteiger charge is 2.17. The molecular weight excluding hydrogens is 146 g/mol. The normalized spacial score (nSPS) is 15.1. The predicted molar refractivity (Wildman–Crippen MR) is 40.2 cm³/mol. The summed E-state index contributed by atoms with van der Waals surface area (Å²) >= 11 is 0. The van der Waals surface area contributed by atoms with E-state index in [9.17, 15) is 10.1 Å². The van der Waals surface area contributed by atoms with Crippen molar-refractivity contribution in [2.75, 3.05) is 13.1 Å². The summed E-state index contributed by atoms with van der Waals surface area (Å²) in [6.45, 7) is 4.79. The first-order valence-electron chi connectivity index (χ1n) is 3.24. The monoisotopic (exact) mass is 155 g/mol. The molecule has 0 unspecified atom stereocenters. The minimum atomic E-state index is -0.465. The molecule has 0 spiro atoms. The first-order chi connectivity index (χ1) is 5.25. The van der Waals surface area contributed by atoms with Crippen LogP contribution in [-0.4, -0.2) is 18.0 Å². The molecule has 11 heavy (non-hydrogen) atoms. The van der Waals surface area contributed by atoms with Crippen LogP contribution in [-0.2, 0) is 0 Å². The van der Waals surface area contributed by atoms with Crippen LogP contribution in [0.25, 0.3) is 0 Å². The lowest BCUT2D eigenvalue weighted by atomic mass is 10.4. The van der Waals surface area contributed by atoms with Crippen molar-refractivity contribution >= 4 is 0 Å². The molecule has 60 valence electrons. The molecule has 0 aromatic heterocycles. The van der Waals surface area contributed by atoms with E-state index < -0.39 is 4.92 Å². The topological polar surface area (TPSA) is 67.2 Å². The van der Waals surface area contributed by atoms with E-state index in [1.54, 1.807) is 0 Å². The van der Waals surface area contributed by atoms with Crippen molar-refractivity contribution in [1.82, 2.24) is 10.6 Å². The van der Waals surface area contributed by atoms with Crippen LogP contribution in [0.2, 0.25) is 0 Å². The Hall–Kier alpha value is -1.52. The highest BCUT2D eigenvalue weighted by Crippen LogP contribution is 2.02. The van der Waals surface area contributed by atoms with Gasteiger partial charge in [0.05, 0.1) is 4.92 Å². The van der Waals surface area contributed by atoms with E-state index >= 15 is 0 Å². The van der Waals surface area contributed by atoms with Crippen LogP contribution in [0.4, 0.5) is 0 Å². The molecule has 0 atom stereocenters. The summed E-state index contributed by atoms with van der Waals surface area (Å²) in [5.74, 6) is 0.463. The highest BCUT2D eigenvalue weighted by atomic mass is 16.6. The Morgan fingerprint density at radius 1 is 1.64 bits per heavy atom. The standard InChI is InChI=1S/C6H9N3O2/c1-2-5(9(10)11)6-7-3-4-8-6/h2,7-8H,1,3-4H2. The Balaban J connectivity index is 2.87. The summed E-state index contributed by atoms with van der Waals surface area (Å²) in [7, 11) is 0. The fourth-order valence-corrected chi connectivity index (χ4v) is 0.887. The lowest BCUT2D eigenvalue weighted by Crippen LogP contribution is -2.16. The molecule has 0 saturated carbocycles. The molecule has 2 N–H and O–H groups in total. The second kappa shape index (κ2) is 3.05. The van der Waals surface area contributed by atoms with E-state index in [0.717, 1.165) is 13.1 Å². The molecule has 5 nitrogen and oxygen atoms in total. The molecule has 5 heteroatoms. The van der Waals surface area contributed by atoms with Gasteiger partial charge < -0.3 is 10.6 Å². The molecule has 1 saturated heterocycles. The van der Waals surface area contributed by atoms with Gasteiger partial charge in [0.25, 0.3) is 0 Å². The minimum Gasteiger partial charge on any atom is -0.364 e. The number of nitrogens with one attached hydrogen (secondary N) is 2. The molecule has 0 amide bonds. The lowest BCUT2D eigenvalue weighted by molar-refractivity contribution is -0.420. The van der Waals surface area contributed by atoms with E-state index in [1.807, 2.05) is 0 Å². The summed E-state index contributed by atoms with van der Waals surface area (Å²) in [6.07, 6.45) is 1.22. The molecule has 0 aromatic carbocycles. The quantitative estimate of drug-likeness (QED) is 0.428. The van der Waals surface area contributed by atoms with E-state index in [2.05, 4.69) is 17.2 Å². The van der Waals surface area contributed by atoms with Crippen LogP contribution >= 0.6 is 0 Å². The van der Waals surface area contributed by atoms with Gasteiger partial charge in [-0.25, -0.2) is 0 Å². The van der Waals surface area contributed by atoms with Crippen LogP contribution in [0.3, 0.4) is 0 Å². The van der Waals surface area contributed by atoms with Gasteiger partial charge in [0, 0.05) is 19.2 Å². The van der Waals surface area contributed by atoms with Crippen LogP contribution in [0.1, 0.15) is 0 Å². The number of rotatable bonds is 2. The molecule has 0 aromatic rings. The smallest absolute Gasteiger partial charge is 0.308 e. The zero-order valence-corrected chi connectivity index (χ0v) is 5.96. The maximum atomic E-state index is 10.3. The Labute approximate surface area is 63.9 Å². The Kier molecular flexibility index (Phi) is 2.10. The number of nitrogens with zero attached hydrogens (tertiary/aromatic N) is 1. The van der Waals surface area contributed by atoms with Crippen LogP contribution in [0, 0.1) is 10.1 Å². The first kappa shape index (κ1) is 7.59. The first-order valence-corrected chi connectivity index (χ1v) is 3.24. The van der Waals surface area contributed by atoms with E-state index in [1.165, 1.54) is 6.08 Å². The second-order valence-corrected chi connectivity index (χ2v) is 2.08. The number of nitro groups is 1. The van der Waals surface area contributed by atoms with E-state index in [0.29, 0.717) is 5.82 Å². The minimum absolute atomic E-state index is 0.00231. The lowest BCUT2D eigenvalue weighted by Gasteiger charge is -1.97. The van der Waals surface area contributed by atoms with Crippen LogP contribution in [0.5, 0.6) is 0 Å². The van der Waals surface area contributed by atoms with Gasteiger partial charge in [0.15, 0.2) is 5.82 Å². The fraction of sp³-hybridized carbons (Fsp3) is 0.333. The molecule has 1 rings (SSSR count). The Bertz CT molecular complexity index is 214. The second-order valence-electron chi connectivity index (χ2n) is 2.08. The summed E-state index contributed by atoms with van der Waals surface area (Å²) in [5.41, 5.74) is 0.00231. The zero-order valence-electron chi connectivity index (χ0n) is 5.96. The largest absolute Gasteiger partial charge is 0.364 e. The van der Waals surface area contributed by atoms with Gasteiger partial charge in [-0.2, -0.15) is 0 Å². The average Bonchev–Trinajstić information content (AvgIpc) is 2.40. The van der Waals surface area contributed by atoms with Crippen LogP contribution in [0.15, 0.2) is 24.2 Å². The number of allylic oxidation sites excluding steroid dienone is 1. The summed E-state index contributed by atoms with van der Waals surface area (Å²) in [5, 5.41) is 16.0. The predicted octanol–water partition coefficient (Wildman–Crippen LogP) is -0.189. The molecule has 0 aliphatic carbocycles. The van der Waals surface area contributed by atoms with Crippen molar-refractivity contribution in [2.45, 2.75) is 0 Å². The SMILES string of the molecule is C=CC(=C1NCCN1)[N+](=O)[O-]. The average molecular weight is 155 g/mol. The third-order valence-electron chi connectivity index (χ3n) is 1.37. The van der Waals surface area contributed by atoms with Crippen molar-refractivity contribution in [3.63, 3.8) is 0 Å². The molecular formula is C6H9N3O2. The van der Waals surface area contributed by atoms with E-state index in [4.69, 9.17) is 0 Å². The molecule has 1 aliphatic heterocycles. The zero-order chi connectivity index (χ0) is 8.27. The van der Waals surface area contributed by atoms with Gasteiger partial charge in [-0.05, 0) is 0 Å². The van der Waals surface area contributed by atoms with Gasteiger partial charge in [0.2, 0.25) is 0 Å². The molecule has 0 bridgehead atoms. The third-order valence-corrected chi connectivity index (χ3v) is 1.37. The maximum Gasteiger partial charge on any atom is 0.308 e. The molecule has 0 radical (unpaired) electrons. The fourth-order valence-electron chi connectivity index (χ4n) is 0.887. The maximum absolute atomic E-state index is 10.3. The van der Waals surface area contributed by atoms with Crippen molar-refractivity contribution in [3.8, 4) is 0 Å². The van der Waals surface area contributed by atoms with Crippen molar-refractivity contribution in [2.24, 2.45) is 0 Å². The highest BCUT2D eigenvalue weighted by molar-refractivity contribution is 5.16. The van der Waals surface area contributed by atoms with Gasteiger partial charge >= 0.3 is 5.70 Å². The van der Waals surface area contributed by atoms with Gasteiger partial charge in [0.1, 0.15) is 0 Å². The van der Waals surface area contributed by atoms with Crippen molar-refractivity contribution < 1.29 is 4.92 Å². The molecule has 1 fully saturated rings. The molecule has 1 heterocycles. The van der Waals surface area contributed by atoms with Gasteiger partial charge in [-0.1, -0.05) is 6.58 Å². The third kappa shape index (κ3) is 1.49. The van der Waals surface area contributed by atoms with Crippen molar-refractivity contribution in [1.29, 1.82) is 0 Å². The van der Waals surface area contributed by atoms with E-state index in [-0.39, 0.29) is 5.70 Å². The molecule has 1 aliphatic rings. The summed E-state index contributed by atoms with van der Waals surface area (Å²) < 4.78 is 0. The van der Waals surface area contributed by atoms with Crippen LogP contribution < -0.4 is 10.6 Å². The van der Waals surface area contributed by atoms with Crippen molar-refractivity contribution in [3.05, 3.63) is 34.3 Å². The summed E-state index contributed by atoms with van der Waals surface area (Å²) in [4.78, 5) is 9.85. The van der Waals surface area contributed by atoms with Gasteiger partial charge in [-0.3, -0.25) is 10.1 Å². The van der Waals surface area contributed by atoms with Gasteiger partial charge in [-0.15, -0.1) is 0 Å². The Morgan fingerprint density at radius 2 is 2.18 bits per heavy atom. The number of hydrogen-bond donors (Lipinski definition) is 2. The summed E-state index contributed by atoms with van der Waals surface area (Å²) in [6, 6.07) is 0. The Morgan fingerprint density at radius 3 is 2.55 bits per heavy atom. The number of hydrogen-bond acceptors (Lipinski definition) is 4.